The van der Waals surface area contributed by atoms with Crippen molar-refractivity contribution in [2.45, 2.75) is 25.6 Å². The molecule has 0 fully saturated rings. The molecule has 1 aliphatic rings. The third kappa shape index (κ3) is 1.96. The van der Waals surface area contributed by atoms with Crippen LogP contribution in [-0.4, -0.2) is 5.11 Å². The van der Waals surface area contributed by atoms with Crippen molar-refractivity contribution in [3.8, 4) is 5.75 Å². The van der Waals surface area contributed by atoms with Crippen molar-refractivity contribution < 1.29 is 9.84 Å². The van der Waals surface area contributed by atoms with E-state index in [0.717, 1.165) is 11.3 Å². The van der Waals surface area contributed by atoms with Crippen molar-refractivity contribution in [2.75, 3.05) is 0 Å². The number of aliphatic hydroxyl groups is 1. The molecule has 2 aromatic rings. The summed E-state index contributed by atoms with van der Waals surface area (Å²) in [5.41, 5.74) is 0.900. The number of benzene rings is 1. The second kappa shape index (κ2) is 4.17. The Balaban J connectivity index is 1.93. The van der Waals surface area contributed by atoms with E-state index in [1.807, 2.05) is 24.3 Å². The number of aliphatic hydroxyl groups excluding tert-OH is 1. The van der Waals surface area contributed by atoms with Crippen LogP contribution in [0.4, 0.5) is 0 Å². The quantitative estimate of drug-likeness (QED) is 0.832. The Labute approximate surface area is 104 Å². The third-order valence-corrected chi connectivity index (χ3v) is 4.16. The molecule has 1 aliphatic heterocycles. The molecule has 2 nitrogen and oxygen atoms in total. The maximum atomic E-state index is 10.1. The van der Waals surface area contributed by atoms with E-state index < -0.39 is 6.10 Å². The Hall–Kier alpha value is -1.32. The largest absolute Gasteiger partial charge is 0.484 e. The van der Waals surface area contributed by atoms with Gasteiger partial charge in [0.05, 0.1) is 6.10 Å². The smallest absolute Gasteiger partial charge is 0.136 e. The summed E-state index contributed by atoms with van der Waals surface area (Å²) < 4.78 is 5.95. The summed E-state index contributed by atoms with van der Waals surface area (Å²) in [5, 5.41) is 10.1. The molecule has 1 aromatic carbocycles. The Bertz CT molecular complexity index is 533. The number of thiophene rings is 1. The molecule has 0 saturated carbocycles. The highest BCUT2D eigenvalue weighted by molar-refractivity contribution is 7.12. The summed E-state index contributed by atoms with van der Waals surface area (Å²) >= 11 is 1.73. The summed E-state index contributed by atoms with van der Waals surface area (Å²) in [6, 6.07) is 11.9. The summed E-state index contributed by atoms with van der Waals surface area (Å²) in [4.78, 5) is 2.47. The van der Waals surface area contributed by atoms with E-state index in [-0.39, 0.29) is 6.10 Å². The molecular formula is C14H14O2S. The van der Waals surface area contributed by atoms with Crippen LogP contribution < -0.4 is 4.74 Å². The summed E-state index contributed by atoms with van der Waals surface area (Å²) in [7, 11) is 0. The zero-order valence-electron chi connectivity index (χ0n) is 9.59. The minimum atomic E-state index is -0.424. The normalized spacial score (nSPS) is 22.9. The second-order valence-corrected chi connectivity index (χ2v) is 5.66. The Kier molecular flexibility index (Phi) is 2.65. The van der Waals surface area contributed by atoms with Gasteiger partial charge < -0.3 is 9.84 Å². The zero-order chi connectivity index (χ0) is 11.8. The highest BCUT2D eigenvalue weighted by Crippen LogP contribution is 2.41. The molecular weight excluding hydrogens is 232 g/mol. The van der Waals surface area contributed by atoms with Crippen LogP contribution in [-0.2, 0) is 0 Å². The van der Waals surface area contributed by atoms with E-state index in [4.69, 9.17) is 4.74 Å². The molecule has 3 rings (SSSR count). The van der Waals surface area contributed by atoms with E-state index in [1.54, 1.807) is 11.3 Å². The molecule has 0 spiro atoms. The molecule has 0 aliphatic carbocycles. The van der Waals surface area contributed by atoms with Gasteiger partial charge in [-0.05, 0) is 25.1 Å². The second-order valence-electron chi connectivity index (χ2n) is 4.34. The van der Waals surface area contributed by atoms with Crippen LogP contribution in [0.5, 0.6) is 5.75 Å². The predicted octanol–water partition coefficient (Wildman–Crippen LogP) is 3.61. The van der Waals surface area contributed by atoms with E-state index in [0.29, 0.717) is 6.42 Å². The fourth-order valence-electron chi connectivity index (χ4n) is 2.19. The first-order chi connectivity index (χ1) is 8.24. The maximum absolute atomic E-state index is 10.1. The van der Waals surface area contributed by atoms with Crippen LogP contribution in [0.3, 0.4) is 0 Å². The SMILES string of the molecule is Cc1ccc(C2C[C@@H](O)c3ccccc3O2)s1. The van der Waals surface area contributed by atoms with Gasteiger partial charge in [-0.25, -0.2) is 0 Å². The van der Waals surface area contributed by atoms with Gasteiger partial charge in [0.25, 0.3) is 0 Å². The van der Waals surface area contributed by atoms with Gasteiger partial charge >= 0.3 is 0 Å². The van der Waals surface area contributed by atoms with Gasteiger partial charge in [-0.1, -0.05) is 18.2 Å². The van der Waals surface area contributed by atoms with Gasteiger partial charge in [0.15, 0.2) is 0 Å². The van der Waals surface area contributed by atoms with Crippen LogP contribution in [0.2, 0.25) is 0 Å². The van der Waals surface area contributed by atoms with E-state index in [9.17, 15) is 5.11 Å². The molecule has 0 amide bonds. The van der Waals surface area contributed by atoms with Crippen LogP contribution in [0.1, 0.15) is 33.9 Å². The maximum Gasteiger partial charge on any atom is 0.136 e. The average Bonchev–Trinajstić information content (AvgIpc) is 2.76. The summed E-state index contributed by atoms with van der Waals surface area (Å²) in [6.45, 7) is 2.08. The Morgan fingerprint density at radius 3 is 2.82 bits per heavy atom. The molecule has 0 bridgehead atoms. The average molecular weight is 246 g/mol. The number of rotatable bonds is 1. The fraction of sp³-hybridized carbons (Fsp3) is 0.286. The van der Waals surface area contributed by atoms with E-state index in [2.05, 4.69) is 19.1 Å². The lowest BCUT2D eigenvalue weighted by Crippen LogP contribution is -2.18. The number of fused-ring (bicyclic) bond motifs is 1. The predicted molar refractivity (Wildman–Crippen MR) is 68.4 cm³/mol. The molecule has 88 valence electrons. The lowest BCUT2D eigenvalue weighted by molar-refractivity contribution is 0.0674. The number of aryl methyl sites for hydroxylation is 1. The molecule has 1 aromatic heterocycles. The van der Waals surface area contributed by atoms with Crippen molar-refractivity contribution in [3.63, 3.8) is 0 Å². The third-order valence-electron chi connectivity index (χ3n) is 3.06. The molecule has 0 radical (unpaired) electrons. The van der Waals surface area contributed by atoms with Crippen molar-refractivity contribution >= 4 is 11.3 Å². The molecule has 1 N–H and O–H groups in total. The van der Waals surface area contributed by atoms with Gasteiger partial charge in [-0.2, -0.15) is 0 Å². The summed E-state index contributed by atoms with van der Waals surface area (Å²) in [5.74, 6) is 0.808. The minimum absolute atomic E-state index is 0.0152. The lowest BCUT2D eigenvalue weighted by Gasteiger charge is -2.28. The zero-order valence-corrected chi connectivity index (χ0v) is 10.4. The Morgan fingerprint density at radius 2 is 2.06 bits per heavy atom. The number of hydrogen-bond donors (Lipinski definition) is 1. The molecule has 2 atom stereocenters. The van der Waals surface area contributed by atoms with Gasteiger partial charge in [0.2, 0.25) is 0 Å². The monoisotopic (exact) mass is 246 g/mol. The van der Waals surface area contributed by atoms with Gasteiger partial charge in [-0.15, -0.1) is 11.3 Å². The van der Waals surface area contributed by atoms with Gasteiger partial charge in [0.1, 0.15) is 11.9 Å². The highest BCUT2D eigenvalue weighted by atomic mass is 32.1. The number of para-hydroxylation sites is 1. The molecule has 2 heterocycles. The molecule has 0 saturated heterocycles. The van der Waals surface area contributed by atoms with Crippen molar-refractivity contribution in [1.82, 2.24) is 0 Å². The highest BCUT2D eigenvalue weighted by Gasteiger charge is 2.28. The first kappa shape index (κ1) is 10.8. The topological polar surface area (TPSA) is 29.5 Å². The van der Waals surface area contributed by atoms with E-state index in [1.165, 1.54) is 9.75 Å². The van der Waals surface area contributed by atoms with Crippen molar-refractivity contribution in [3.05, 3.63) is 51.7 Å². The van der Waals surface area contributed by atoms with Crippen LogP contribution >= 0.6 is 11.3 Å². The first-order valence-electron chi connectivity index (χ1n) is 5.74. The summed E-state index contributed by atoms with van der Waals surface area (Å²) in [6.07, 6.45) is 0.197. The van der Waals surface area contributed by atoms with Crippen LogP contribution in [0, 0.1) is 6.92 Å². The number of hydrogen-bond acceptors (Lipinski definition) is 3. The van der Waals surface area contributed by atoms with Crippen molar-refractivity contribution in [1.29, 1.82) is 0 Å². The molecule has 1 unspecified atom stereocenters. The fourth-order valence-corrected chi connectivity index (χ4v) is 3.11. The first-order valence-corrected chi connectivity index (χ1v) is 6.55. The van der Waals surface area contributed by atoms with Gasteiger partial charge in [0, 0.05) is 21.7 Å². The molecule has 3 heteroatoms. The standard InChI is InChI=1S/C14H14O2S/c1-9-6-7-14(17-9)13-8-11(15)10-4-2-3-5-12(10)16-13/h2-7,11,13,15H,8H2,1H3/t11-,13?/m1/s1. The van der Waals surface area contributed by atoms with E-state index >= 15 is 0 Å². The molecule has 17 heavy (non-hydrogen) atoms. The van der Waals surface area contributed by atoms with Gasteiger partial charge in [-0.3, -0.25) is 0 Å². The Morgan fingerprint density at radius 1 is 1.24 bits per heavy atom. The van der Waals surface area contributed by atoms with Crippen molar-refractivity contribution in [2.24, 2.45) is 0 Å². The van der Waals surface area contributed by atoms with Crippen LogP contribution in [0.15, 0.2) is 36.4 Å². The lowest BCUT2D eigenvalue weighted by atomic mass is 9.98. The minimum Gasteiger partial charge on any atom is -0.484 e. The van der Waals surface area contributed by atoms with Crippen LogP contribution in [0.25, 0.3) is 0 Å². The number of ether oxygens (including phenoxy) is 1.